The van der Waals surface area contributed by atoms with Crippen LogP contribution in [0.2, 0.25) is 0 Å². The third-order valence-electron chi connectivity index (χ3n) is 2.76. The van der Waals surface area contributed by atoms with E-state index in [9.17, 15) is 8.78 Å². The highest BCUT2D eigenvalue weighted by molar-refractivity contribution is 5.81. The molecule has 0 aliphatic rings. The van der Waals surface area contributed by atoms with Gasteiger partial charge in [-0.15, -0.1) is 0 Å². The molecule has 0 saturated carbocycles. The zero-order chi connectivity index (χ0) is 13.4. The highest BCUT2D eigenvalue weighted by Gasteiger charge is 2.12. The Hall–Kier alpha value is -2.57. The van der Waals surface area contributed by atoms with Crippen molar-refractivity contribution in [1.82, 2.24) is 19.9 Å². The minimum absolute atomic E-state index is 0.124. The summed E-state index contributed by atoms with van der Waals surface area (Å²) >= 11 is 0. The van der Waals surface area contributed by atoms with E-state index in [0.29, 0.717) is 17.0 Å². The Labute approximate surface area is 106 Å². The molecule has 0 spiro atoms. The number of hydrogen-bond donors (Lipinski definition) is 2. The van der Waals surface area contributed by atoms with Gasteiger partial charge in [0.2, 0.25) is 0 Å². The van der Waals surface area contributed by atoms with Crippen LogP contribution in [0.4, 0.5) is 14.6 Å². The number of rotatable bonds is 2. The second-order valence-electron chi connectivity index (χ2n) is 4.03. The van der Waals surface area contributed by atoms with E-state index in [0.717, 1.165) is 6.07 Å². The molecule has 19 heavy (non-hydrogen) atoms. The van der Waals surface area contributed by atoms with Gasteiger partial charge in [-0.3, -0.25) is 0 Å². The average molecular weight is 261 g/mol. The number of aromatic amines is 1. The quantitative estimate of drug-likeness (QED) is 0.737. The number of anilines is 1. The summed E-state index contributed by atoms with van der Waals surface area (Å²) in [4.78, 5) is 14.8. The maximum Gasteiger partial charge on any atom is 0.183 e. The van der Waals surface area contributed by atoms with Crippen LogP contribution in [-0.2, 0) is 6.42 Å². The van der Waals surface area contributed by atoms with Gasteiger partial charge in [0, 0.05) is 6.42 Å². The minimum Gasteiger partial charge on any atom is -0.382 e. The monoisotopic (exact) mass is 261 g/mol. The summed E-state index contributed by atoms with van der Waals surface area (Å²) in [6, 6.07) is 4.02. The van der Waals surface area contributed by atoms with Crippen molar-refractivity contribution in [3.63, 3.8) is 0 Å². The van der Waals surface area contributed by atoms with Crippen molar-refractivity contribution in [2.45, 2.75) is 6.42 Å². The van der Waals surface area contributed by atoms with Crippen molar-refractivity contribution in [1.29, 1.82) is 0 Å². The van der Waals surface area contributed by atoms with Crippen LogP contribution in [0.3, 0.4) is 0 Å². The number of nitrogens with zero attached hydrogens (tertiary/aromatic N) is 3. The molecule has 0 fully saturated rings. The molecule has 7 heteroatoms. The normalized spacial score (nSPS) is 11.1. The summed E-state index contributed by atoms with van der Waals surface area (Å²) in [6.07, 6.45) is 1.42. The van der Waals surface area contributed by atoms with E-state index >= 15 is 0 Å². The molecule has 3 aromatic rings. The van der Waals surface area contributed by atoms with Gasteiger partial charge >= 0.3 is 0 Å². The van der Waals surface area contributed by atoms with Crippen LogP contribution in [0.5, 0.6) is 0 Å². The zero-order valence-electron chi connectivity index (χ0n) is 9.69. The number of fused-ring (bicyclic) bond motifs is 1. The first-order valence-electron chi connectivity index (χ1n) is 5.53. The van der Waals surface area contributed by atoms with E-state index in [-0.39, 0.29) is 17.8 Å². The standard InChI is InChI=1S/C12H9F2N5/c13-7-3-1-2-6(9(7)14)4-8-18-10-11(15)16-5-17-12(10)19-8/h1-3,5H,4H2,(H3,15,16,17,18,19). The largest absolute Gasteiger partial charge is 0.382 e. The van der Waals surface area contributed by atoms with E-state index < -0.39 is 11.6 Å². The fourth-order valence-corrected chi connectivity index (χ4v) is 1.84. The van der Waals surface area contributed by atoms with Gasteiger partial charge in [0.15, 0.2) is 23.1 Å². The van der Waals surface area contributed by atoms with E-state index in [4.69, 9.17) is 5.73 Å². The zero-order valence-corrected chi connectivity index (χ0v) is 9.69. The predicted octanol–water partition coefficient (Wildman–Crippen LogP) is 1.80. The molecule has 2 heterocycles. The summed E-state index contributed by atoms with van der Waals surface area (Å²) in [5.74, 6) is -1.04. The Morgan fingerprint density at radius 1 is 1.21 bits per heavy atom. The number of nitrogen functional groups attached to an aromatic ring is 1. The van der Waals surface area contributed by atoms with Gasteiger partial charge in [-0.25, -0.2) is 23.7 Å². The molecule has 96 valence electrons. The lowest BCUT2D eigenvalue weighted by molar-refractivity contribution is 0.500. The summed E-state index contributed by atoms with van der Waals surface area (Å²) in [6.45, 7) is 0. The molecule has 0 saturated heterocycles. The third-order valence-corrected chi connectivity index (χ3v) is 2.76. The van der Waals surface area contributed by atoms with Gasteiger partial charge in [0.1, 0.15) is 17.7 Å². The second-order valence-corrected chi connectivity index (χ2v) is 4.03. The SMILES string of the molecule is Nc1ncnc2nc(Cc3cccc(F)c3F)[nH]c12. The van der Waals surface area contributed by atoms with Crippen LogP contribution in [-0.4, -0.2) is 19.9 Å². The number of imidazole rings is 1. The van der Waals surface area contributed by atoms with Gasteiger partial charge in [-0.1, -0.05) is 12.1 Å². The molecule has 5 nitrogen and oxygen atoms in total. The molecule has 0 amide bonds. The maximum atomic E-state index is 13.6. The summed E-state index contributed by atoms with van der Waals surface area (Å²) in [7, 11) is 0. The summed E-state index contributed by atoms with van der Waals surface area (Å²) in [5, 5.41) is 0. The van der Waals surface area contributed by atoms with E-state index in [1.165, 1.54) is 18.5 Å². The maximum absolute atomic E-state index is 13.6. The van der Waals surface area contributed by atoms with Crippen LogP contribution in [0.1, 0.15) is 11.4 Å². The molecule has 0 aliphatic heterocycles. The number of hydrogen-bond acceptors (Lipinski definition) is 4. The molecule has 1 aromatic carbocycles. The Balaban J connectivity index is 2.02. The minimum atomic E-state index is -0.882. The van der Waals surface area contributed by atoms with Crippen molar-refractivity contribution >= 4 is 17.0 Å². The summed E-state index contributed by atoms with van der Waals surface area (Å²) < 4.78 is 26.7. The van der Waals surface area contributed by atoms with Gasteiger partial charge in [0.05, 0.1) is 0 Å². The number of nitrogens with one attached hydrogen (secondary N) is 1. The number of H-pyrrole nitrogens is 1. The second kappa shape index (κ2) is 4.27. The van der Waals surface area contributed by atoms with E-state index in [1.807, 2.05) is 0 Å². The topological polar surface area (TPSA) is 80.5 Å². The number of nitrogens with two attached hydrogens (primary N) is 1. The first-order chi connectivity index (χ1) is 9.15. The number of benzene rings is 1. The first-order valence-corrected chi connectivity index (χ1v) is 5.53. The van der Waals surface area contributed by atoms with Gasteiger partial charge < -0.3 is 10.7 Å². The smallest absolute Gasteiger partial charge is 0.183 e. The molecule has 0 unspecified atom stereocenters. The molecule has 0 radical (unpaired) electrons. The van der Waals surface area contributed by atoms with Crippen molar-refractivity contribution in [3.8, 4) is 0 Å². The first kappa shape index (κ1) is 11.5. The molecular weight excluding hydrogens is 252 g/mol. The summed E-state index contributed by atoms with van der Waals surface area (Å²) in [5.41, 5.74) is 6.77. The van der Waals surface area contributed by atoms with Crippen LogP contribution in [0.15, 0.2) is 24.5 Å². The molecule has 0 bridgehead atoms. The lowest BCUT2D eigenvalue weighted by atomic mass is 10.1. The van der Waals surface area contributed by atoms with Crippen LogP contribution in [0, 0.1) is 11.6 Å². The highest BCUT2D eigenvalue weighted by Crippen LogP contribution is 2.18. The number of aromatic nitrogens is 4. The van der Waals surface area contributed by atoms with E-state index in [2.05, 4.69) is 19.9 Å². The molecule has 3 rings (SSSR count). The lowest BCUT2D eigenvalue weighted by Gasteiger charge is -2.00. The van der Waals surface area contributed by atoms with Crippen molar-refractivity contribution < 1.29 is 8.78 Å². The van der Waals surface area contributed by atoms with Crippen molar-refractivity contribution in [3.05, 3.63) is 47.5 Å². The van der Waals surface area contributed by atoms with E-state index in [1.54, 1.807) is 0 Å². The Morgan fingerprint density at radius 3 is 2.84 bits per heavy atom. The van der Waals surface area contributed by atoms with Crippen molar-refractivity contribution in [2.24, 2.45) is 0 Å². The third kappa shape index (κ3) is 1.99. The van der Waals surface area contributed by atoms with Gasteiger partial charge in [-0.2, -0.15) is 0 Å². The molecule has 0 aliphatic carbocycles. The Kier molecular flexibility index (Phi) is 2.59. The predicted molar refractivity (Wildman–Crippen MR) is 65.3 cm³/mol. The highest BCUT2D eigenvalue weighted by atomic mass is 19.2. The molecule has 3 N–H and O–H groups in total. The van der Waals surface area contributed by atoms with Crippen LogP contribution >= 0.6 is 0 Å². The molecular formula is C12H9F2N5. The van der Waals surface area contributed by atoms with Crippen LogP contribution in [0.25, 0.3) is 11.2 Å². The average Bonchev–Trinajstić information content (AvgIpc) is 2.79. The molecule has 2 aromatic heterocycles. The van der Waals surface area contributed by atoms with Gasteiger partial charge in [-0.05, 0) is 11.6 Å². The lowest BCUT2D eigenvalue weighted by Crippen LogP contribution is -1.97. The fraction of sp³-hybridized carbons (Fsp3) is 0.0833. The van der Waals surface area contributed by atoms with Crippen LogP contribution < -0.4 is 5.73 Å². The number of halogens is 2. The van der Waals surface area contributed by atoms with Crippen molar-refractivity contribution in [2.75, 3.05) is 5.73 Å². The Morgan fingerprint density at radius 2 is 2.05 bits per heavy atom. The Bertz CT molecular complexity index is 753. The van der Waals surface area contributed by atoms with Gasteiger partial charge in [0.25, 0.3) is 0 Å². The fourth-order valence-electron chi connectivity index (χ4n) is 1.84. The molecule has 0 atom stereocenters.